The Morgan fingerprint density at radius 3 is 2.43 bits per heavy atom. The maximum absolute atomic E-state index is 14.3. The molecule has 0 amide bonds. The first kappa shape index (κ1) is 25.6. The predicted octanol–water partition coefficient (Wildman–Crippen LogP) is 3.30. The van der Waals surface area contributed by atoms with Crippen LogP contribution in [0.25, 0.3) is 10.9 Å². The molecule has 37 heavy (non-hydrogen) atoms. The van der Waals surface area contributed by atoms with E-state index in [4.69, 9.17) is 4.74 Å². The minimum Gasteiger partial charge on any atom is -0.491 e. The second-order valence-electron chi connectivity index (χ2n) is 9.96. The highest BCUT2D eigenvalue weighted by atomic mass is 32.2. The van der Waals surface area contributed by atoms with E-state index >= 15 is 0 Å². The summed E-state index contributed by atoms with van der Waals surface area (Å²) in [5, 5.41) is 14.6. The minimum atomic E-state index is -3.82. The van der Waals surface area contributed by atoms with E-state index in [1.54, 1.807) is 35.0 Å². The lowest BCUT2D eigenvalue weighted by Gasteiger charge is -2.28. The zero-order valence-corrected chi connectivity index (χ0v) is 21.7. The van der Waals surface area contributed by atoms with E-state index in [-0.39, 0.29) is 36.6 Å². The number of aliphatic carboxylic acids is 1. The number of rotatable bonds is 8. The van der Waals surface area contributed by atoms with Gasteiger partial charge in [0.25, 0.3) is 0 Å². The molecule has 1 N–H and O–H groups in total. The molecule has 3 aromatic rings. The van der Waals surface area contributed by atoms with Crippen LogP contribution in [0.2, 0.25) is 0 Å². The summed E-state index contributed by atoms with van der Waals surface area (Å²) in [6, 6.07) is 10.0. The monoisotopic (exact) mass is 530 g/mol. The summed E-state index contributed by atoms with van der Waals surface area (Å²) in [7, 11) is -3.82. The average Bonchev–Trinajstić information content (AvgIpc) is 3.57. The lowest BCUT2D eigenvalue weighted by Crippen LogP contribution is -2.40. The highest BCUT2D eigenvalue weighted by Crippen LogP contribution is 2.35. The predicted molar refractivity (Wildman–Crippen MR) is 136 cm³/mol. The van der Waals surface area contributed by atoms with Gasteiger partial charge in [-0.3, -0.25) is 14.4 Å². The Morgan fingerprint density at radius 2 is 1.78 bits per heavy atom. The topological polar surface area (TPSA) is 105 Å². The summed E-state index contributed by atoms with van der Waals surface area (Å²) in [6.45, 7) is 5.90. The van der Waals surface area contributed by atoms with E-state index in [0.29, 0.717) is 22.3 Å². The number of ether oxygens (including phenoxy) is 1. The number of fused-ring (bicyclic) bond motifs is 1. The van der Waals surface area contributed by atoms with Crippen molar-refractivity contribution >= 4 is 26.9 Å². The van der Waals surface area contributed by atoms with Gasteiger partial charge in [-0.25, -0.2) is 12.8 Å². The van der Waals surface area contributed by atoms with E-state index in [2.05, 4.69) is 10.00 Å². The molecule has 1 aromatic heterocycles. The molecule has 3 heterocycles. The van der Waals surface area contributed by atoms with Crippen LogP contribution in [0.1, 0.15) is 38.4 Å². The number of hydrogen-bond acceptors (Lipinski definition) is 6. The first-order valence-electron chi connectivity index (χ1n) is 12.5. The Morgan fingerprint density at radius 1 is 1.11 bits per heavy atom. The van der Waals surface area contributed by atoms with Gasteiger partial charge in [-0.05, 0) is 82.2 Å². The van der Waals surface area contributed by atoms with Crippen LogP contribution in [-0.4, -0.2) is 76.8 Å². The molecule has 11 heteroatoms. The number of likely N-dealkylation sites (tertiary alicyclic amines) is 1. The average molecular weight is 531 g/mol. The van der Waals surface area contributed by atoms with Crippen molar-refractivity contribution in [1.82, 2.24) is 19.0 Å². The van der Waals surface area contributed by atoms with Crippen molar-refractivity contribution in [3.8, 4) is 5.75 Å². The first-order chi connectivity index (χ1) is 17.6. The van der Waals surface area contributed by atoms with Gasteiger partial charge < -0.3 is 9.84 Å². The van der Waals surface area contributed by atoms with Crippen LogP contribution in [0.5, 0.6) is 5.75 Å². The van der Waals surface area contributed by atoms with Gasteiger partial charge >= 0.3 is 5.97 Å². The van der Waals surface area contributed by atoms with E-state index in [9.17, 15) is 22.7 Å². The Kier molecular flexibility index (Phi) is 6.95. The molecule has 2 aromatic carbocycles. The summed E-state index contributed by atoms with van der Waals surface area (Å²) in [5.41, 5.74) is 0.810. The Hall–Kier alpha value is -3.02. The van der Waals surface area contributed by atoms with E-state index in [1.165, 1.54) is 16.4 Å². The number of carboxylic acid groups (broad SMARTS) is 1. The van der Waals surface area contributed by atoms with Crippen molar-refractivity contribution in [2.24, 2.45) is 0 Å². The maximum atomic E-state index is 14.3. The fourth-order valence-electron chi connectivity index (χ4n) is 5.42. The lowest BCUT2D eigenvalue weighted by molar-refractivity contribution is -0.136. The third-order valence-electron chi connectivity index (χ3n) is 7.05. The summed E-state index contributed by atoms with van der Waals surface area (Å²) in [4.78, 5) is 13.9. The molecule has 2 aliphatic heterocycles. The third-order valence-corrected chi connectivity index (χ3v) is 8.89. The maximum Gasteiger partial charge on any atom is 0.309 e. The minimum absolute atomic E-state index is 0.0252. The fraction of sp³-hybridized carbons (Fsp3) is 0.462. The molecule has 0 saturated carbocycles. The van der Waals surface area contributed by atoms with Gasteiger partial charge in [0.2, 0.25) is 10.0 Å². The Bertz CT molecular complexity index is 1400. The van der Waals surface area contributed by atoms with Crippen LogP contribution in [0.4, 0.5) is 4.39 Å². The molecule has 9 nitrogen and oxygen atoms in total. The SMILES string of the molecule is CC(C)Oc1ccc(S(=O)(=O)N2C[C@@H](N3CCCC3)[C@@H](n3nc(CC(=O)O)c4ccc(F)cc43)C2)cc1. The van der Waals surface area contributed by atoms with Crippen LogP contribution >= 0.6 is 0 Å². The number of sulfonamides is 1. The van der Waals surface area contributed by atoms with E-state index in [0.717, 1.165) is 25.9 Å². The van der Waals surface area contributed by atoms with Crippen LogP contribution in [-0.2, 0) is 21.2 Å². The molecule has 0 radical (unpaired) electrons. The number of hydrogen-bond donors (Lipinski definition) is 1. The number of benzene rings is 2. The summed E-state index contributed by atoms with van der Waals surface area (Å²) >= 11 is 0. The second-order valence-corrected chi connectivity index (χ2v) is 11.9. The van der Waals surface area contributed by atoms with Crippen LogP contribution in [0.3, 0.4) is 0 Å². The van der Waals surface area contributed by atoms with Gasteiger partial charge in [0.1, 0.15) is 11.6 Å². The molecule has 2 atom stereocenters. The molecule has 0 unspecified atom stereocenters. The summed E-state index contributed by atoms with van der Waals surface area (Å²) < 4.78 is 50.4. The van der Waals surface area contributed by atoms with Gasteiger partial charge in [-0.2, -0.15) is 9.40 Å². The molecule has 2 aliphatic rings. The molecule has 0 aliphatic carbocycles. The Balaban J connectivity index is 1.52. The zero-order valence-electron chi connectivity index (χ0n) is 20.9. The highest BCUT2D eigenvalue weighted by Gasteiger charge is 2.44. The van der Waals surface area contributed by atoms with Gasteiger partial charge in [0, 0.05) is 24.5 Å². The molecular weight excluding hydrogens is 499 g/mol. The van der Waals surface area contributed by atoms with E-state index in [1.807, 2.05) is 13.8 Å². The van der Waals surface area contributed by atoms with Crippen molar-refractivity contribution in [1.29, 1.82) is 0 Å². The second kappa shape index (κ2) is 10.0. The molecule has 5 rings (SSSR count). The molecule has 2 fully saturated rings. The smallest absolute Gasteiger partial charge is 0.309 e. The molecule has 0 spiro atoms. The van der Waals surface area contributed by atoms with Crippen LogP contribution < -0.4 is 4.74 Å². The Labute approximate surface area is 215 Å². The van der Waals surface area contributed by atoms with Gasteiger partial charge in [0.15, 0.2) is 0 Å². The van der Waals surface area contributed by atoms with Gasteiger partial charge in [0.05, 0.1) is 34.7 Å². The molecule has 2 saturated heterocycles. The van der Waals surface area contributed by atoms with Crippen molar-refractivity contribution in [2.75, 3.05) is 26.2 Å². The van der Waals surface area contributed by atoms with Crippen molar-refractivity contribution in [3.63, 3.8) is 0 Å². The van der Waals surface area contributed by atoms with Crippen molar-refractivity contribution in [3.05, 3.63) is 54.0 Å². The number of carbonyl (C=O) groups is 1. The number of carboxylic acids is 1. The quantitative estimate of drug-likeness (QED) is 0.477. The molecular formula is C26H31FN4O5S. The summed E-state index contributed by atoms with van der Waals surface area (Å²) in [6.07, 6.45) is 1.71. The standard InChI is InChI=1S/C26H31FN4O5S/c1-17(2)36-19-6-8-20(9-7-19)37(34,35)30-15-24(29-11-3-4-12-29)25(16-30)31-23-13-18(27)5-10-21(23)22(28-31)14-26(32)33/h5-10,13,17,24-25H,3-4,11-12,14-16H2,1-2H3,(H,32,33)/t24-,25+/m1/s1. The lowest BCUT2D eigenvalue weighted by atomic mass is 10.1. The van der Waals surface area contributed by atoms with Crippen molar-refractivity contribution in [2.45, 2.75) is 56.2 Å². The number of nitrogens with zero attached hydrogens (tertiary/aromatic N) is 4. The third kappa shape index (κ3) is 5.07. The molecule has 0 bridgehead atoms. The van der Waals surface area contributed by atoms with Crippen LogP contribution in [0, 0.1) is 5.82 Å². The largest absolute Gasteiger partial charge is 0.491 e. The van der Waals surface area contributed by atoms with Gasteiger partial charge in [-0.15, -0.1) is 0 Å². The van der Waals surface area contributed by atoms with Crippen LogP contribution in [0.15, 0.2) is 47.4 Å². The highest BCUT2D eigenvalue weighted by molar-refractivity contribution is 7.89. The summed E-state index contributed by atoms with van der Waals surface area (Å²) in [5.74, 6) is -0.897. The number of halogens is 1. The number of aromatic nitrogens is 2. The molecule has 198 valence electrons. The fourth-order valence-corrected chi connectivity index (χ4v) is 6.89. The van der Waals surface area contributed by atoms with E-state index < -0.39 is 27.9 Å². The van der Waals surface area contributed by atoms with Crippen molar-refractivity contribution < 1.29 is 27.4 Å². The zero-order chi connectivity index (χ0) is 26.3. The van der Waals surface area contributed by atoms with Gasteiger partial charge in [-0.1, -0.05) is 0 Å². The normalized spacial score (nSPS) is 21.3. The first-order valence-corrected chi connectivity index (χ1v) is 14.0.